The average Bonchev–Trinajstić information content (AvgIpc) is 3.49. The van der Waals surface area contributed by atoms with Crippen LogP contribution in [-0.2, 0) is 7.05 Å². The van der Waals surface area contributed by atoms with Gasteiger partial charge in [0.05, 0.1) is 5.52 Å². The second kappa shape index (κ2) is 10.9. The first kappa shape index (κ1) is 29.1. The second-order valence-corrected chi connectivity index (χ2v) is 14.3. The third kappa shape index (κ3) is 4.18. The zero-order valence-electron chi connectivity index (χ0n) is 29.1. The van der Waals surface area contributed by atoms with Gasteiger partial charge in [-0.3, -0.25) is 0 Å². The monoisotopic (exact) mass is 662 g/mol. The van der Waals surface area contributed by atoms with Gasteiger partial charge in [0.1, 0.15) is 0 Å². The van der Waals surface area contributed by atoms with E-state index < -0.39 is 0 Å². The largest absolute Gasteiger partial charge is 0.344 e. The van der Waals surface area contributed by atoms with E-state index in [-0.39, 0.29) is 0 Å². The summed E-state index contributed by atoms with van der Waals surface area (Å²) in [6.45, 7) is 0. The molecular formula is C50H34N2. The minimum Gasteiger partial charge on any atom is -0.344 e. The summed E-state index contributed by atoms with van der Waals surface area (Å²) in [7, 11) is 4.44. The van der Waals surface area contributed by atoms with Crippen molar-refractivity contribution < 1.29 is 0 Å². The molecule has 0 bridgehead atoms. The molecule has 0 atom stereocenters. The molecule has 0 radical (unpaired) electrons. The van der Waals surface area contributed by atoms with Crippen molar-refractivity contribution in [2.45, 2.75) is 0 Å². The van der Waals surface area contributed by atoms with E-state index in [0.717, 1.165) is 0 Å². The number of aromatic nitrogens is 1. The molecule has 0 aliphatic carbocycles. The fourth-order valence-corrected chi connectivity index (χ4v) is 8.85. The molecule has 1 aliphatic heterocycles. The highest BCUT2D eigenvalue weighted by atomic mass is 15.1. The van der Waals surface area contributed by atoms with E-state index >= 15 is 0 Å². The molecule has 0 unspecified atom stereocenters. The lowest BCUT2D eigenvalue weighted by molar-refractivity contribution is 1.01. The molecule has 2 nitrogen and oxygen atoms in total. The second-order valence-electron chi connectivity index (χ2n) is 14.3. The zero-order valence-corrected chi connectivity index (χ0v) is 29.1. The minimum absolute atomic E-state index is 1.22. The van der Waals surface area contributed by atoms with Crippen molar-refractivity contribution in [3.05, 3.63) is 170 Å². The van der Waals surface area contributed by atoms with Crippen LogP contribution in [0.25, 0.3) is 98.6 Å². The van der Waals surface area contributed by atoms with Crippen LogP contribution in [0.5, 0.6) is 0 Å². The van der Waals surface area contributed by atoms with Crippen molar-refractivity contribution in [3.8, 4) is 44.5 Å². The van der Waals surface area contributed by atoms with Crippen LogP contribution in [0.3, 0.4) is 0 Å². The van der Waals surface area contributed by atoms with Gasteiger partial charge in [0, 0.05) is 52.7 Å². The predicted molar refractivity (Wildman–Crippen MR) is 223 cm³/mol. The molecule has 9 aromatic carbocycles. The number of anilines is 2. The van der Waals surface area contributed by atoms with Gasteiger partial charge in [-0.15, -0.1) is 0 Å². The lowest BCUT2D eigenvalue weighted by Crippen LogP contribution is -2.15. The Labute approximate surface area is 302 Å². The van der Waals surface area contributed by atoms with E-state index in [9.17, 15) is 0 Å². The highest BCUT2D eigenvalue weighted by molar-refractivity contribution is 6.28. The number of nitrogens with zero attached hydrogens (tertiary/aromatic N) is 2. The first-order valence-electron chi connectivity index (χ1n) is 18.0. The molecule has 0 amide bonds. The highest BCUT2D eigenvalue weighted by Crippen LogP contribution is 2.51. The minimum atomic E-state index is 1.22. The molecule has 10 aromatic rings. The Morgan fingerprint density at radius 1 is 0.327 bits per heavy atom. The molecule has 1 aliphatic rings. The third-order valence-electron chi connectivity index (χ3n) is 11.5. The van der Waals surface area contributed by atoms with E-state index in [1.807, 2.05) is 0 Å². The Balaban J connectivity index is 1.04. The molecular weight excluding hydrogens is 629 g/mol. The zero-order chi connectivity index (χ0) is 34.5. The van der Waals surface area contributed by atoms with Crippen LogP contribution in [0.2, 0.25) is 0 Å². The molecule has 1 aromatic heterocycles. The van der Waals surface area contributed by atoms with Gasteiger partial charge in [-0.2, -0.15) is 0 Å². The first-order valence-corrected chi connectivity index (χ1v) is 18.0. The van der Waals surface area contributed by atoms with E-state index in [2.05, 4.69) is 193 Å². The van der Waals surface area contributed by atoms with Crippen molar-refractivity contribution >= 4 is 65.5 Å². The van der Waals surface area contributed by atoms with E-state index in [4.69, 9.17) is 0 Å². The molecule has 2 heterocycles. The number of hydrogen-bond donors (Lipinski definition) is 0. The van der Waals surface area contributed by atoms with Gasteiger partial charge >= 0.3 is 0 Å². The Hall–Kier alpha value is -6.64. The molecule has 11 rings (SSSR count). The van der Waals surface area contributed by atoms with Crippen molar-refractivity contribution in [1.29, 1.82) is 0 Å². The Morgan fingerprint density at radius 3 is 1.87 bits per heavy atom. The number of benzene rings is 9. The average molecular weight is 663 g/mol. The molecule has 0 N–H and O–H groups in total. The van der Waals surface area contributed by atoms with Gasteiger partial charge in [-0.1, -0.05) is 140 Å². The molecule has 244 valence electrons. The molecule has 0 saturated carbocycles. The van der Waals surface area contributed by atoms with Gasteiger partial charge in [-0.25, -0.2) is 0 Å². The fraction of sp³-hybridized carbons (Fsp3) is 0.0400. The van der Waals surface area contributed by atoms with Crippen LogP contribution >= 0.6 is 0 Å². The Kier molecular flexibility index (Phi) is 6.12. The maximum Gasteiger partial charge on any atom is 0.0501 e. The lowest BCUT2D eigenvalue weighted by atomic mass is 9.88. The summed E-state index contributed by atoms with van der Waals surface area (Å²) in [6.07, 6.45) is 0. The van der Waals surface area contributed by atoms with Crippen molar-refractivity contribution in [3.63, 3.8) is 0 Å². The summed E-state index contributed by atoms with van der Waals surface area (Å²) >= 11 is 0. The topological polar surface area (TPSA) is 8.17 Å². The summed E-state index contributed by atoms with van der Waals surface area (Å²) < 4.78 is 2.39. The van der Waals surface area contributed by atoms with Gasteiger partial charge in [0.2, 0.25) is 0 Å². The van der Waals surface area contributed by atoms with Gasteiger partial charge in [0.15, 0.2) is 0 Å². The van der Waals surface area contributed by atoms with Gasteiger partial charge in [-0.05, 0) is 96.2 Å². The predicted octanol–water partition coefficient (Wildman–Crippen LogP) is 13.5. The standard InChI is InChI=1S/C50H34N2/c1-51-45-16-8-15-43-49-42-26-24-37(32-17-20-34(21-18-32)40-14-7-12-33-10-5-6-13-39(33)40)28-47(42)52(2)48(49)30-44(50(43)45)41-25-23-38(29-46(41)51)36-22-19-31-9-3-4-11-35(31)27-36/h3-30H,1-2H3. The third-order valence-corrected chi connectivity index (χ3v) is 11.5. The van der Waals surface area contributed by atoms with Crippen LogP contribution in [0.4, 0.5) is 11.4 Å². The van der Waals surface area contributed by atoms with Crippen molar-refractivity contribution in [2.75, 3.05) is 11.9 Å². The quantitative estimate of drug-likeness (QED) is 0.183. The van der Waals surface area contributed by atoms with E-state index in [1.54, 1.807) is 0 Å². The van der Waals surface area contributed by atoms with Crippen molar-refractivity contribution in [1.82, 2.24) is 4.57 Å². The molecule has 0 spiro atoms. The summed E-state index contributed by atoms with van der Waals surface area (Å²) in [5.41, 5.74) is 15.0. The summed E-state index contributed by atoms with van der Waals surface area (Å²) in [6, 6.07) is 62.8. The normalized spacial score (nSPS) is 12.4. The fourth-order valence-electron chi connectivity index (χ4n) is 8.85. The maximum absolute atomic E-state index is 2.43. The number of fused-ring (bicyclic) bond motifs is 8. The van der Waals surface area contributed by atoms with E-state index in [0.29, 0.717) is 0 Å². The number of aryl methyl sites for hydroxylation is 1. The van der Waals surface area contributed by atoms with Gasteiger partial charge in [0.25, 0.3) is 0 Å². The van der Waals surface area contributed by atoms with Crippen LogP contribution in [-0.4, -0.2) is 11.6 Å². The number of rotatable bonds is 3. The molecule has 0 saturated heterocycles. The van der Waals surface area contributed by atoms with Crippen molar-refractivity contribution in [2.24, 2.45) is 7.05 Å². The highest BCUT2D eigenvalue weighted by Gasteiger charge is 2.26. The smallest absolute Gasteiger partial charge is 0.0501 e. The maximum atomic E-state index is 2.43. The summed E-state index contributed by atoms with van der Waals surface area (Å²) in [5.74, 6) is 0. The van der Waals surface area contributed by atoms with Crippen LogP contribution in [0.15, 0.2) is 170 Å². The summed E-state index contributed by atoms with van der Waals surface area (Å²) in [5, 5.41) is 10.3. The first-order chi connectivity index (χ1) is 25.6. The number of hydrogen-bond acceptors (Lipinski definition) is 1. The summed E-state index contributed by atoms with van der Waals surface area (Å²) in [4.78, 5) is 2.38. The molecule has 0 fully saturated rings. The van der Waals surface area contributed by atoms with Crippen LogP contribution in [0.1, 0.15) is 0 Å². The SMILES string of the molecule is CN1c2cc(-c3ccc4ccccc4c3)ccc2-c2cc3c(c4cccc1c24)c1ccc(-c2ccc(-c4cccc5ccccc45)cc2)cc1n3C. The molecule has 52 heavy (non-hydrogen) atoms. The van der Waals surface area contributed by atoms with E-state index in [1.165, 1.54) is 110 Å². The lowest BCUT2D eigenvalue weighted by Gasteiger charge is -2.31. The molecule has 2 heteroatoms. The van der Waals surface area contributed by atoms with Crippen LogP contribution < -0.4 is 4.90 Å². The Bertz CT molecular complexity index is 3080. The van der Waals surface area contributed by atoms with Crippen LogP contribution in [0, 0.1) is 0 Å². The Morgan fingerprint density at radius 2 is 0.981 bits per heavy atom. The van der Waals surface area contributed by atoms with Gasteiger partial charge < -0.3 is 9.47 Å².